The highest BCUT2D eigenvalue weighted by Crippen LogP contribution is 2.23. The zero-order valence-electron chi connectivity index (χ0n) is 10.4. The quantitative estimate of drug-likeness (QED) is 0.854. The van der Waals surface area contributed by atoms with Gasteiger partial charge in [-0.05, 0) is 72.5 Å². The standard InChI is InChI=1S/C14H15IN2O/c1-10-7-11(8-16-2)9-17-14(10)18-13-5-3-12(15)4-6-13/h3-7,9,16H,8H2,1-2H3. The monoisotopic (exact) mass is 354 g/mol. The Hall–Kier alpha value is -1.14. The van der Waals surface area contributed by atoms with Crippen molar-refractivity contribution < 1.29 is 4.74 Å². The second-order valence-electron chi connectivity index (χ2n) is 4.05. The third kappa shape index (κ3) is 3.43. The Labute approximate surface area is 121 Å². The van der Waals surface area contributed by atoms with Gasteiger partial charge in [-0.2, -0.15) is 0 Å². The molecule has 0 saturated heterocycles. The summed E-state index contributed by atoms with van der Waals surface area (Å²) in [6.45, 7) is 2.83. The summed E-state index contributed by atoms with van der Waals surface area (Å²) in [5, 5.41) is 3.10. The van der Waals surface area contributed by atoms with E-state index in [1.54, 1.807) is 0 Å². The molecule has 0 aliphatic heterocycles. The zero-order chi connectivity index (χ0) is 13.0. The van der Waals surface area contributed by atoms with Crippen LogP contribution in [0.5, 0.6) is 11.6 Å². The van der Waals surface area contributed by atoms with Crippen LogP contribution in [0, 0.1) is 10.5 Å². The number of aromatic nitrogens is 1. The van der Waals surface area contributed by atoms with Gasteiger partial charge in [0.15, 0.2) is 0 Å². The maximum absolute atomic E-state index is 5.76. The van der Waals surface area contributed by atoms with Crippen molar-refractivity contribution in [3.05, 3.63) is 51.2 Å². The molecule has 0 spiro atoms. The lowest BCUT2D eigenvalue weighted by atomic mass is 10.2. The molecule has 18 heavy (non-hydrogen) atoms. The minimum atomic E-state index is 0.663. The summed E-state index contributed by atoms with van der Waals surface area (Å²) in [7, 11) is 1.92. The first-order valence-electron chi connectivity index (χ1n) is 5.72. The molecule has 0 aliphatic rings. The van der Waals surface area contributed by atoms with Gasteiger partial charge in [0.25, 0.3) is 0 Å². The number of benzene rings is 1. The molecule has 0 saturated carbocycles. The van der Waals surface area contributed by atoms with Crippen molar-refractivity contribution in [1.82, 2.24) is 10.3 Å². The second-order valence-corrected chi connectivity index (χ2v) is 5.30. The lowest BCUT2D eigenvalue weighted by Gasteiger charge is -2.09. The van der Waals surface area contributed by atoms with Gasteiger partial charge in [-0.15, -0.1) is 0 Å². The molecule has 0 unspecified atom stereocenters. The molecule has 0 bridgehead atoms. The van der Waals surface area contributed by atoms with Crippen LogP contribution in [0.25, 0.3) is 0 Å². The topological polar surface area (TPSA) is 34.2 Å². The molecule has 0 atom stereocenters. The second kappa shape index (κ2) is 6.15. The fourth-order valence-electron chi connectivity index (χ4n) is 1.64. The molecule has 0 aliphatic carbocycles. The smallest absolute Gasteiger partial charge is 0.222 e. The summed E-state index contributed by atoms with van der Waals surface area (Å²) in [4.78, 5) is 4.35. The maximum Gasteiger partial charge on any atom is 0.222 e. The zero-order valence-corrected chi connectivity index (χ0v) is 12.6. The molecule has 0 radical (unpaired) electrons. The highest BCUT2D eigenvalue weighted by atomic mass is 127. The highest BCUT2D eigenvalue weighted by Gasteiger charge is 2.04. The van der Waals surface area contributed by atoms with E-state index in [9.17, 15) is 0 Å². The molecule has 1 aromatic heterocycles. The Morgan fingerprint density at radius 1 is 1.28 bits per heavy atom. The van der Waals surface area contributed by atoms with Crippen molar-refractivity contribution in [2.24, 2.45) is 0 Å². The largest absolute Gasteiger partial charge is 0.439 e. The van der Waals surface area contributed by atoms with E-state index in [0.29, 0.717) is 5.88 Å². The van der Waals surface area contributed by atoms with Crippen LogP contribution in [0.15, 0.2) is 36.5 Å². The van der Waals surface area contributed by atoms with Gasteiger partial charge in [-0.3, -0.25) is 0 Å². The van der Waals surface area contributed by atoms with Gasteiger partial charge < -0.3 is 10.1 Å². The van der Waals surface area contributed by atoms with Crippen LogP contribution in [-0.4, -0.2) is 12.0 Å². The number of hydrogen-bond donors (Lipinski definition) is 1. The molecular weight excluding hydrogens is 339 g/mol. The van der Waals surface area contributed by atoms with Crippen molar-refractivity contribution in [2.75, 3.05) is 7.05 Å². The van der Waals surface area contributed by atoms with Crippen LogP contribution in [-0.2, 0) is 6.54 Å². The molecular formula is C14H15IN2O. The molecule has 1 N–H and O–H groups in total. The number of hydrogen-bond acceptors (Lipinski definition) is 3. The van der Waals surface area contributed by atoms with Crippen LogP contribution < -0.4 is 10.1 Å². The first-order valence-corrected chi connectivity index (χ1v) is 6.80. The lowest BCUT2D eigenvalue weighted by Crippen LogP contribution is -2.06. The van der Waals surface area contributed by atoms with E-state index in [4.69, 9.17) is 4.74 Å². The van der Waals surface area contributed by atoms with Gasteiger partial charge in [0, 0.05) is 21.9 Å². The van der Waals surface area contributed by atoms with Crippen molar-refractivity contribution >= 4 is 22.6 Å². The molecule has 4 heteroatoms. The summed E-state index contributed by atoms with van der Waals surface area (Å²) >= 11 is 2.27. The Balaban J connectivity index is 2.16. The normalized spacial score (nSPS) is 10.4. The Kier molecular flexibility index (Phi) is 4.54. The molecule has 1 heterocycles. The van der Waals surface area contributed by atoms with Gasteiger partial charge in [-0.25, -0.2) is 4.98 Å². The van der Waals surface area contributed by atoms with E-state index in [1.807, 2.05) is 44.4 Å². The molecule has 0 fully saturated rings. The summed E-state index contributed by atoms with van der Waals surface area (Å²) in [6, 6.07) is 10.0. The Bertz CT molecular complexity index is 526. The maximum atomic E-state index is 5.76. The van der Waals surface area contributed by atoms with E-state index < -0.39 is 0 Å². The third-order valence-electron chi connectivity index (χ3n) is 2.50. The number of pyridine rings is 1. The fourth-order valence-corrected chi connectivity index (χ4v) is 2.00. The molecule has 94 valence electrons. The summed E-state index contributed by atoms with van der Waals surface area (Å²) in [5.74, 6) is 1.48. The minimum Gasteiger partial charge on any atom is -0.439 e. The lowest BCUT2D eigenvalue weighted by molar-refractivity contribution is 0.458. The van der Waals surface area contributed by atoms with E-state index in [-0.39, 0.29) is 0 Å². The average Bonchev–Trinajstić information content (AvgIpc) is 2.36. The van der Waals surface area contributed by atoms with Crippen molar-refractivity contribution in [2.45, 2.75) is 13.5 Å². The first-order chi connectivity index (χ1) is 8.69. The number of nitrogens with zero attached hydrogens (tertiary/aromatic N) is 1. The number of rotatable bonds is 4. The van der Waals surface area contributed by atoms with E-state index in [1.165, 1.54) is 3.57 Å². The van der Waals surface area contributed by atoms with Gasteiger partial charge in [-0.1, -0.05) is 0 Å². The van der Waals surface area contributed by atoms with Crippen LogP contribution in [0.3, 0.4) is 0 Å². The first kappa shape index (κ1) is 13.3. The molecule has 1 aromatic carbocycles. The van der Waals surface area contributed by atoms with Crippen molar-refractivity contribution in [1.29, 1.82) is 0 Å². The van der Waals surface area contributed by atoms with Crippen molar-refractivity contribution in [3.8, 4) is 11.6 Å². The predicted molar refractivity (Wildman–Crippen MR) is 81.0 cm³/mol. The average molecular weight is 354 g/mol. The Morgan fingerprint density at radius 2 is 2.00 bits per heavy atom. The molecule has 2 rings (SSSR count). The molecule has 2 aromatic rings. The molecule has 3 nitrogen and oxygen atoms in total. The summed E-state index contributed by atoms with van der Waals surface area (Å²) in [6.07, 6.45) is 1.84. The van der Waals surface area contributed by atoms with E-state index in [0.717, 1.165) is 23.4 Å². The van der Waals surface area contributed by atoms with E-state index >= 15 is 0 Å². The third-order valence-corrected chi connectivity index (χ3v) is 3.22. The SMILES string of the molecule is CNCc1cnc(Oc2ccc(I)cc2)c(C)c1. The predicted octanol–water partition coefficient (Wildman–Crippen LogP) is 3.51. The number of aryl methyl sites for hydroxylation is 1. The van der Waals surface area contributed by atoms with Gasteiger partial charge in [0.2, 0.25) is 5.88 Å². The van der Waals surface area contributed by atoms with Gasteiger partial charge in [0.1, 0.15) is 5.75 Å². The summed E-state index contributed by atoms with van der Waals surface area (Å²) in [5.41, 5.74) is 2.20. The van der Waals surface area contributed by atoms with Crippen LogP contribution in [0.4, 0.5) is 0 Å². The van der Waals surface area contributed by atoms with Crippen LogP contribution in [0.2, 0.25) is 0 Å². The van der Waals surface area contributed by atoms with Crippen LogP contribution >= 0.6 is 22.6 Å². The number of ether oxygens (including phenoxy) is 1. The van der Waals surface area contributed by atoms with E-state index in [2.05, 4.69) is 39.0 Å². The molecule has 0 amide bonds. The van der Waals surface area contributed by atoms with Crippen LogP contribution in [0.1, 0.15) is 11.1 Å². The van der Waals surface area contributed by atoms with Gasteiger partial charge in [0.05, 0.1) is 0 Å². The van der Waals surface area contributed by atoms with Crippen molar-refractivity contribution in [3.63, 3.8) is 0 Å². The minimum absolute atomic E-state index is 0.663. The summed E-state index contributed by atoms with van der Waals surface area (Å²) < 4.78 is 6.95. The number of nitrogens with one attached hydrogen (secondary N) is 1. The Morgan fingerprint density at radius 3 is 2.61 bits per heavy atom. The fraction of sp³-hybridized carbons (Fsp3) is 0.214. The number of halogens is 1. The van der Waals surface area contributed by atoms with Gasteiger partial charge >= 0.3 is 0 Å². The highest BCUT2D eigenvalue weighted by molar-refractivity contribution is 14.1.